The average Bonchev–Trinajstić information content (AvgIpc) is 3.87. The van der Waals surface area contributed by atoms with E-state index < -0.39 is 53.2 Å². The van der Waals surface area contributed by atoms with Gasteiger partial charge in [0.15, 0.2) is 0 Å². The molecule has 8 rings (SSSR count). The van der Waals surface area contributed by atoms with Crippen LogP contribution in [0.25, 0.3) is 24.3 Å². The maximum Gasteiger partial charge on any atom is -1.00 e. The first-order valence-electron chi connectivity index (χ1n) is 19.6. The van der Waals surface area contributed by atoms with Crippen LogP contribution in [-0.2, 0) is 41.2 Å². The number of rotatable bonds is 6. The van der Waals surface area contributed by atoms with Crippen LogP contribution in [0.5, 0.6) is 0 Å². The molecule has 54 heavy (non-hydrogen) atoms. The zero-order valence-electron chi connectivity index (χ0n) is 34.5. The molecule has 4 aromatic carbocycles. The second-order valence-electron chi connectivity index (χ2n) is 16.9. The van der Waals surface area contributed by atoms with Gasteiger partial charge in [0.05, 0.1) is 0 Å². The second-order valence-corrected chi connectivity index (χ2v) is 73.5. The molecule has 4 aromatic rings. The number of hydrogen-bond acceptors (Lipinski definition) is 0. The van der Waals surface area contributed by atoms with Crippen LogP contribution in [0, 0.1) is 55.4 Å². The zero-order chi connectivity index (χ0) is 37.2. The Morgan fingerprint density at radius 3 is 0.704 bits per heavy atom. The molecule has 0 spiro atoms. The van der Waals surface area contributed by atoms with E-state index in [1.807, 2.05) is 0 Å². The number of hydrogen-bond donors (Lipinski definition) is 0. The van der Waals surface area contributed by atoms with Crippen molar-refractivity contribution < 1.29 is 66.0 Å². The quantitative estimate of drug-likeness (QED) is 0.189. The van der Waals surface area contributed by atoms with Gasteiger partial charge in [0.1, 0.15) is 0 Å². The van der Waals surface area contributed by atoms with Crippen LogP contribution < -0.4 is 24.8 Å². The molecule has 0 bridgehead atoms. The molecule has 4 unspecified atom stereocenters. The largest absolute Gasteiger partial charge is 1.00 e. The Hall–Kier alpha value is -1.41. The maximum atomic E-state index is 2.63. The van der Waals surface area contributed by atoms with Crippen molar-refractivity contribution in [2.75, 3.05) is 0 Å². The monoisotopic (exact) mass is 1120 g/mol. The average molecular weight is 1120 g/mol. The summed E-state index contributed by atoms with van der Waals surface area (Å²) in [5.41, 5.74) is 24.2. The SMILES string of the molecule is Cc1cc2c(cc1C)[CH]([Hf+]([CH]1C=Cc3cc(C)c(C)cc31)[SiH](C)C)C=C2.Cc1cc2c(cc1C)[CH]([Hf+]([CH]1C=Cc3cc(C)c(C)cc31)[SiH](C)C)C=C2.[Cl-].[Cl-]. The zero-order valence-corrected chi connectivity index (χ0v) is 45.5. The van der Waals surface area contributed by atoms with Gasteiger partial charge in [-0.05, 0) is 0 Å². The summed E-state index contributed by atoms with van der Waals surface area (Å²) in [5, 5.41) is 0. The minimum Gasteiger partial charge on any atom is -1.00 e. The molecule has 0 heterocycles. The summed E-state index contributed by atoms with van der Waals surface area (Å²) in [7, 11) is 0. The molecule has 0 saturated heterocycles. The third-order valence-corrected chi connectivity index (χ3v) is 73.5. The predicted octanol–water partition coefficient (Wildman–Crippen LogP) is 6.72. The van der Waals surface area contributed by atoms with E-state index in [0.717, 1.165) is 14.7 Å². The van der Waals surface area contributed by atoms with Crippen molar-refractivity contribution in [2.45, 2.75) is 96.3 Å². The fourth-order valence-corrected chi connectivity index (χ4v) is 68.8. The molecule has 0 N–H and O–H groups in total. The molecule has 0 nitrogen and oxygen atoms in total. The van der Waals surface area contributed by atoms with E-state index in [4.69, 9.17) is 0 Å². The van der Waals surface area contributed by atoms with Gasteiger partial charge in [-0.1, -0.05) is 0 Å². The van der Waals surface area contributed by atoms with E-state index in [1.54, 1.807) is 22.3 Å². The molecule has 0 radical (unpaired) electrons. The van der Waals surface area contributed by atoms with Gasteiger partial charge in [0, 0.05) is 0 Å². The Balaban J connectivity index is 0.000000200. The van der Waals surface area contributed by atoms with Crippen molar-refractivity contribution in [3.8, 4) is 0 Å². The van der Waals surface area contributed by atoms with Gasteiger partial charge in [0.2, 0.25) is 0 Å². The molecular weight excluding hydrogens is 1060 g/mol. The van der Waals surface area contributed by atoms with E-state index in [0.29, 0.717) is 0 Å². The standard InChI is InChI=1S/4C11H11.2C2H7Si.2ClH.2Hf/c4*1-8-6-10-4-3-5-11(10)7-9(8)2;2*1-3-2;;;;/h4*3-7H,1-2H3;2*3H,1-2H3;2*1H;;/q;;;;;;;;2*+1/p-2. The molecule has 4 atom stereocenters. The number of benzene rings is 4. The number of halogens is 2. The molecule has 0 saturated carbocycles. The van der Waals surface area contributed by atoms with Crippen molar-refractivity contribution in [3.63, 3.8) is 0 Å². The normalized spacial score (nSPS) is 19.2. The summed E-state index contributed by atoms with van der Waals surface area (Å²) >= 11 is -3.83. The van der Waals surface area contributed by atoms with E-state index in [1.165, 1.54) is 66.8 Å². The van der Waals surface area contributed by atoms with E-state index >= 15 is 0 Å². The minimum atomic E-state index is -1.91. The Kier molecular flexibility index (Phi) is 14.3. The third kappa shape index (κ3) is 8.28. The van der Waals surface area contributed by atoms with Crippen LogP contribution in [0.1, 0.15) is 104 Å². The molecular formula is C48H58Cl2Hf2Si2. The van der Waals surface area contributed by atoms with Gasteiger partial charge in [-0.2, -0.15) is 0 Å². The van der Waals surface area contributed by atoms with Crippen molar-refractivity contribution in [3.05, 3.63) is 162 Å². The molecule has 4 aliphatic rings. The van der Waals surface area contributed by atoms with Crippen LogP contribution in [0.4, 0.5) is 0 Å². The summed E-state index contributed by atoms with van der Waals surface area (Å²) < 4.78 is 3.12. The molecule has 0 aromatic heterocycles. The smallest absolute Gasteiger partial charge is 1.00 e. The number of allylic oxidation sites excluding steroid dienone is 4. The Bertz CT molecular complexity index is 1890. The predicted molar refractivity (Wildman–Crippen MR) is 229 cm³/mol. The first-order valence-corrected chi connectivity index (χ1v) is 46.2. The molecule has 0 fully saturated rings. The van der Waals surface area contributed by atoms with E-state index in [2.05, 4.69) is 179 Å². The summed E-state index contributed by atoms with van der Waals surface area (Å²) in [5.74, 6) is -1.31. The Morgan fingerprint density at radius 1 is 0.333 bits per heavy atom. The fourth-order valence-electron chi connectivity index (χ4n) is 9.30. The number of fused-ring (bicyclic) bond motifs is 4. The summed E-state index contributed by atoms with van der Waals surface area (Å²) in [6, 6.07) is 19.7. The summed E-state index contributed by atoms with van der Waals surface area (Å²) in [6.45, 7) is 28.6. The van der Waals surface area contributed by atoms with Crippen LogP contribution >= 0.6 is 0 Å². The Morgan fingerprint density at radius 2 is 0.519 bits per heavy atom. The van der Waals surface area contributed by atoms with Gasteiger partial charge < -0.3 is 24.8 Å². The summed E-state index contributed by atoms with van der Waals surface area (Å²) in [4.78, 5) is 0. The van der Waals surface area contributed by atoms with Crippen molar-refractivity contribution in [1.82, 2.24) is 0 Å². The summed E-state index contributed by atoms with van der Waals surface area (Å²) in [6.07, 6.45) is 20.1. The molecule has 6 heteroatoms. The molecule has 0 amide bonds. The maximum absolute atomic E-state index is 2.63. The van der Waals surface area contributed by atoms with Crippen LogP contribution in [0.15, 0.2) is 72.8 Å². The molecule has 0 aliphatic heterocycles. The third-order valence-electron chi connectivity index (χ3n) is 12.8. The van der Waals surface area contributed by atoms with Gasteiger partial charge in [-0.15, -0.1) is 0 Å². The first-order chi connectivity index (χ1) is 24.7. The van der Waals surface area contributed by atoms with Crippen LogP contribution in [-0.4, -0.2) is 12.0 Å². The van der Waals surface area contributed by atoms with Gasteiger partial charge in [-0.3, -0.25) is 0 Å². The van der Waals surface area contributed by atoms with Gasteiger partial charge in [0.25, 0.3) is 0 Å². The van der Waals surface area contributed by atoms with E-state index in [-0.39, 0.29) is 24.8 Å². The van der Waals surface area contributed by atoms with Crippen molar-refractivity contribution in [1.29, 1.82) is 0 Å². The molecule has 280 valence electrons. The second kappa shape index (κ2) is 17.6. The van der Waals surface area contributed by atoms with Crippen molar-refractivity contribution >= 4 is 36.3 Å². The first kappa shape index (κ1) is 43.7. The van der Waals surface area contributed by atoms with Gasteiger partial charge >= 0.3 is 336 Å². The number of aryl methyl sites for hydroxylation is 8. The topological polar surface area (TPSA) is 0 Å². The minimum absolute atomic E-state index is 0. The van der Waals surface area contributed by atoms with Gasteiger partial charge in [-0.25, -0.2) is 0 Å². The Labute approximate surface area is 356 Å². The molecule has 4 aliphatic carbocycles. The van der Waals surface area contributed by atoms with Crippen molar-refractivity contribution in [2.24, 2.45) is 0 Å². The van der Waals surface area contributed by atoms with Crippen LogP contribution in [0.2, 0.25) is 26.2 Å². The van der Waals surface area contributed by atoms with Crippen LogP contribution in [0.3, 0.4) is 0 Å². The van der Waals surface area contributed by atoms with E-state index in [9.17, 15) is 0 Å². The fraction of sp³-hybridized carbons (Fsp3) is 0.333.